The van der Waals surface area contributed by atoms with E-state index in [1.54, 1.807) is 24.3 Å². The Balaban J connectivity index is 2.13. The van der Waals surface area contributed by atoms with Gasteiger partial charge in [0.1, 0.15) is 0 Å². The van der Waals surface area contributed by atoms with Crippen molar-refractivity contribution in [1.29, 1.82) is 0 Å². The van der Waals surface area contributed by atoms with Crippen molar-refractivity contribution >= 4 is 9.84 Å². The van der Waals surface area contributed by atoms with Gasteiger partial charge < -0.3 is 5.11 Å². The molecule has 0 heterocycles. The second kappa shape index (κ2) is 6.20. The van der Waals surface area contributed by atoms with E-state index in [2.05, 4.69) is 0 Å². The number of benzene rings is 2. The fraction of sp³-hybridized carbons (Fsp3) is 0.250. The molecule has 0 saturated heterocycles. The Kier molecular flexibility index (Phi) is 4.57. The molecule has 0 saturated carbocycles. The lowest BCUT2D eigenvalue weighted by atomic mass is 10.1. The first-order valence-corrected chi connectivity index (χ1v) is 8.26. The fourth-order valence-corrected chi connectivity index (χ4v) is 3.65. The van der Waals surface area contributed by atoms with Gasteiger partial charge in [0.15, 0.2) is 9.84 Å². The van der Waals surface area contributed by atoms with Crippen molar-refractivity contribution in [1.82, 2.24) is 0 Å². The number of rotatable bonds is 5. The average Bonchev–Trinajstić information content (AvgIpc) is 2.41. The molecule has 0 unspecified atom stereocenters. The monoisotopic (exact) mass is 290 g/mol. The molecule has 2 rings (SSSR count). The minimum absolute atomic E-state index is 0.0209. The van der Waals surface area contributed by atoms with Crippen molar-refractivity contribution in [3.63, 3.8) is 0 Å². The highest BCUT2D eigenvalue weighted by molar-refractivity contribution is 7.89. The Morgan fingerprint density at radius 2 is 1.50 bits per heavy atom. The lowest BCUT2D eigenvalue weighted by molar-refractivity contribution is 0.282. The van der Waals surface area contributed by atoms with Crippen LogP contribution in [0.25, 0.3) is 0 Å². The van der Waals surface area contributed by atoms with Gasteiger partial charge in [0.05, 0.1) is 18.1 Å². The molecule has 0 radical (unpaired) electrons. The third-order valence-electron chi connectivity index (χ3n) is 3.23. The lowest BCUT2D eigenvalue weighted by Gasteiger charge is -2.08. The average molecular weight is 290 g/mol. The summed E-state index contributed by atoms with van der Waals surface area (Å²) in [6.07, 6.45) is 0. The predicted molar refractivity (Wildman–Crippen MR) is 79.9 cm³/mol. The standard InChI is InChI=1S/C16H18O3S/c1-13-4-2-3-5-16(13)12-20(18,19)11-15-8-6-14(10-17)7-9-15/h2-9,17H,10-12H2,1H3. The van der Waals surface area contributed by atoms with E-state index in [9.17, 15) is 8.42 Å². The van der Waals surface area contributed by atoms with Crippen LogP contribution in [0.5, 0.6) is 0 Å². The van der Waals surface area contributed by atoms with Gasteiger partial charge in [-0.15, -0.1) is 0 Å². The Hall–Kier alpha value is -1.65. The smallest absolute Gasteiger partial charge is 0.158 e. The second-order valence-corrected chi connectivity index (χ2v) is 7.00. The molecule has 0 amide bonds. The van der Waals surface area contributed by atoms with Crippen LogP contribution in [0.2, 0.25) is 0 Å². The van der Waals surface area contributed by atoms with Gasteiger partial charge in [-0.3, -0.25) is 0 Å². The molecule has 0 aliphatic heterocycles. The minimum atomic E-state index is -3.19. The Morgan fingerprint density at radius 1 is 0.900 bits per heavy atom. The highest BCUT2D eigenvalue weighted by Crippen LogP contribution is 2.16. The zero-order valence-electron chi connectivity index (χ0n) is 11.4. The van der Waals surface area contributed by atoms with Crippen LogP contribution in [0.1, 0.15) is 22.3 Å². The van der Waals surface area contributed by atoms with E-state index < -0.39 is 9.84 Å². The summed E-state index contributed by atoms with van der Waals surface area (Å²) in [6, 6.07) is 14.5. The Labute approximate surface area is 119 Å². The number of hydrogen-bond donors (Lipinski definition) is 1. The van der Waals surface area contributed by atoms with Crippen LogP contribution in [0.15, 0.2) is 48.5 Å². The van der Waals surface area contributed by atoms with Crippen molar-refractivity contribution in [2.75, 3.05) is 0 Å². The molecule has 2 aromatic rings. The van der Waals surface area contributed by atoms with E-state index in [1.165, 1.54) is 0 Å². The summed E-state index contributed by atoms with van der Waals surface area (Å²) in [7, 11) is -3.19. The van der Waals surface area contributed by atoms with Gasteiger partial charge >= 0.3 is 0 Å². The molecular formula is C16H18O3S. The SMILES string of the molecule is Cc1ccccc1CS(=O)(=O)Cc1ccc(CO)cc1. The largest absolute Gasteiger partial charge is 0.392 e. The lowest BCUT2D eigenvalue weighted by Crippen LogP contribution is -2.08. The maximum atomic E-state index is 12.2. The van der Waals surface area contributed by atoms with Gasteiger partial charge in [0, 0.05) is 0 Å². The molecule has 0 spiro atoms. The van der Waals surface area contributed by atoms with Crippen molar-refractivity contribution < 1.29 is 13.5 Å². The predicted octanol–water partition coefficient (Wildman–Crippen LogP) is 2.60. The van der Waals surface area contributed by atoms with Crippen LogP contribution < -0.4 is 0 Å². The number of aliphatic hydroxyl groups is 1. The summed E-state index contributed by atoms with van der Waals surface area (Å²) in [5, 5.41) is 8.97. The van der Waals surface area contributed by atoms with E-state index in [-0.39, 0.29) is 18.1 Å². The van der Waals surface area contributed by atoms with Gasteiger partial charge in [-0.2, -0.15) is 0 Å². The molecule has 2 aromatic carbocycles. The fourth-order valence-electron chi connectivity index (χ4n) is 2.05. The molecular weight excluding hydrogens is 272 g/mol. The molecule has 20 heavy (non-hydrogen) atoms. The molecule has 0 atom stereocenters. The first-order chi connectivity index (χ1) is 9.50. The summed E-state index contributed by atoms with van der Waals surface area (Å²) in [4.78, 5) is 0. The maximum absolute atomic E-state index is 12.2. The molecule has 106 valence electrons. The van der Waals surface area contributed by atoms with E-state index in [0.717, 1.165) is 22.3 Å². The molecule has 1 N–H and O–H groups in total. The van der Waals surface area contributed by atoms with Crippen LogP contribution in [-0.2, 0) is 27.9 Å². The van der Waals surface area contributed by atoms with E-state index >= 15 is 0 Å². The number of aliphatic hydroxyl groups excluding tert-OH is 1. The van der Waals surface area contributed by atoms with E-state index in [1.807, 2.05) is 31.2 Å². The van der Waals surface area contributed by atoms with E-state index in [0.29, 0.717) is 0 Å². The number of hydrogen-bond acceptors (Lipinski definition) is 3. The van der Waals surface area contributed by atoms with Crippen molar-refractivity contribution in [2.24, 2.45) is 0 Å². The molecule has 0 aliphatic carbocycles. The van der Waals surface area contributed by atoms with Crippen LogP contribution in [0.4, 0.5) is 0 Å². The summed E-state index contributed by atoms with van der Waals surface area (Å²) >= 11 is 0. The topological polar surface area (TPSA) is 54.4 Å². The minimum Gasteiger partial charge on any atom is -0.392 e. The summed E-state index contributed by atoms with van der Waals surface area (Å²) in [5.74, 6) is 0.0778. The summed E-state index contributed by atoms with van der Waals surface area (Å²) in [6.45, 7) is 1.89. The first-order valence-electron chi connectivity index (χ1n) is 6.44. The molecule has 3 nitrogen and oxygen atoms in total. The van der Waals surface area contributed by atoms with Crippen molar-refractivity contribution in [3.8, 4) is 0 Å². The quantitative estimate of drug-likeness (QED) is 0.921. The van der Waals surface area contributed by atoms with Crippen LogP contribution in [-0.4, -0.2) is 13.5 Å². The normalized spacial score (nSPS) is 11.5. The van der Waals surface area contributed by atoms with Crippen LogP contribution >= 0.6 is 0 Å². The zero-order valence-corrected chi connectivity index (χ0v) is 12.2. The van der Waals surface area contributed by atoms with Gasteiger partial charge in [-0.05, 0) is 29.2 Å². The van der Waals surface area contributed by atoms with Gasteiger partial charge in [-0.1, -0.05) is 48.5 Å². The maximum Gasteiger partial charge on any atom is 0.158 e. The van der Waals surface area contributed by atoms with E-state index in [4.69, 9.17) is 5.11 Å². The summed E-state index contributed by atoms with van der Waals surface area (Å²) < 4.78 is 24.5. The van der Waals surface area contributed by atoms with Gasteiger partial charge in [0.25, 0.3) is 0 Å². The van der Waals surface area contributed by atoms with Gasteiger partial charge in [-0.25, -0.2) is 8.42 Å². The highest BCUT2D eigenvalue weighted by Gasteiger charge is 2.14. The Morgan fingerprint density at radius 3 is 2.10 bits per heavy atom. The summed E-state index contributed by atoms with van der Waals surface area (Å²) in [5.41, 5.74) is 3.37. The first kappa shape index (κ1) is 14.8. The highest BCUT2D eigenvalue weighted by atomic mass is 32.2. The third-order valence-corrected chi connectivity index (χ3v) is 4.75. The van der Waals surface area contributed by atoms with Gasteiger partial charge in [0.2, 0.25) is 0 Å². The second-order valence-electron chi connectivity index (χ2n) is 4.93. The Bertz CT molecular complexity index is 673. The molecule has 0 fully saturated rings. The molecule has 0 aromatic heterocycles. The molecule has 4 heteroatoms. The molecule has 0 bridgehead atoms. The van der Waals surface area contributed by atoms with Crippen LogP contribution in [0, 0.1) is 6.92 Å². The zero-order chi connectivity index (χ0) is 14.6. The van der Waals surface area contributed by atoms with Crippen molar-refractivity contribution in [3.05, 3.63) is 70.8 Å². The number of aryl methyl sites for hydroxylation is 1. The number of sulfone groups is 1. The van der Waals surface area contributed by atoms with Crippen molar-refractivity contribution in [2.45, 2.75) is 25.0 Å². The molecule has 0 aliphatic rings. The van der Waals surface area contributed by atoms with Crippen LogP contribution in [0.3, 0.4) is 0 Å². The third kappa shape index (κ3) is 3.92.